The van der Waals surface area contributed by atoms with E-state index in [0.29, 0.717) is 17.3 Å². The summed E-state index contributed by atoms with van der Waals surface area (Å²) >= 11 is 0. The van der Waals surface area contributed by atoms with Gasteiger partial charge in [0.1, 0.15) is 5.82 Å². The fourth-order valence-electron chi connectivity index (χ4n) is 3.43. The maximum absolute atomic E-state index is 13.1. The Bertz CT molecular complexity index is 765. The van der Waals surface area contributed by atoms with Crippen molar-refractivity contribution in [1.82, 2.24) is 9.78 Å². The summed E-state index contributed by atoms with van der Waals surface area (Å²) in [5.74, 6) is -0.313. The van der Waals surface area contributed by atoms with Crippen molar-refractivity contribution in [3.05, 3.63) is 51.7 Å². The van der Waals surface area contributed by atoms with Gasteiger partial charge in [-0.2, -0.15) is 0 Å². The van der Waals surface area contributed by atoms with E-state index < -0.39 is 0 Å². The number of aromatic nitrogens is 2. The van der Waals surface area contributed by atoms with E-state index in [1.807, 2.05) is 0 Å². The second-order valence-electron chi connectivity index (χ2n) is 6.79. The molecule has 1 heterocycles. The highest BCUT2D eigenvalue weighted by molar-refractivity contribution is 5.81. The number of nitrogens with one attached hydrogen (secondary N) is 1. The molecule has 0 bridgehead atoms. The van der Waals surface area contributed by atoms with Gasteiger partial charge < -0.3 is 0 Å². The Morgan fingerprint density at radius 3 is 2.52 bits per heavy atom. The lowest BCUT2D eigenvalue weighted by Gasteiger charge is -2.06. The van der Waals surface area contributed by atoms with Crippen LogP contribution in [0.5, 0.6) is 0 Å². The number of nitrogens with zero attached hydrogens (tertiary/aromatic N) is 2. The maximum atomic E-state index is 13.1. The first-order valence-electron chi connectivity index (χ1n) is 9.32. The quantitative estimate of drug-likeness (QED) is 0.635. The first-order chi connectivity index (χ1) is 12.2. The molecule has 2 aromatic rings. The second-order valence-corrected chi connectivity index (χ2v) is 6.79. The van der Waals surface area contributed by atoms with E-state index in [1.54, 1.807) is 18.3 Å². The van der Waals surface area contributed by atoms with Gasteiger partial charge in [0.2, 0.25) is 0 Å². The molecule has 25 heavy (non-hydrogen) atoms. The molecular formula is C20H26FN3O. The van der Waals surface area contributed by atoms with Crippen LogP contribution in [0.15, 0.2) is 34.1 Å². The number of benzene rings is 1. The van der Waals surface area contributed by atoms with Crippen molar-refractivity contribution in [2.75, 3.05) is 0 Å². The lowest BCUT2D eigenvalue weighted by Crippen LogP contribution is -2.17. The molecule has 1 aliphatic rings. The molecule has 0 saturated heterocycles. The molecule has 5 heteroatoms. The summed E-state index contributed by atoms with van der Waals surface area (Å²) in [5, 5.41) is 3.18. The van der Waals surface area contributed by atoms with E-state index in [2.05, 4.69) is 12.0 Å². The van der Waals surface area contributed by atoms with Crippen molar-refractivity contribution in [1.29, 1.82) is 0 Å². The van der Waals surface area contributed by atoms with E-state index in [1.165, 1.54) is 42.5 Å². The Morgan fingerprint density at radius 1 is 1.20 bits per heavy atom. The summed E-state index contributed by atoms with van der Waals surface area (Å²) in [4.78, 5) is 17.6. The van der Waals surface area contributed by atoms with E-state index in [0.717, 1.165) is 31.4 Å². The second kappa shape index (κ2) is 8.28. The van der Waals surface area contributed by atoms with Crippen molar-refractivity contribution >= 4 is 6.21 Å². The SMILES string of the molecule is CCCc1[nH]n(-c2ccc(F)cc2)c(=O)c1C=NC1CCCCCC1. The number of aliphatic imine (C=N–C) groups is 1. The van der Waals surface area contributed by atoms with E-state index >= 15 is 0 Å². The van der Waals surface area contributed by atoms with Crippen molar-refractivity contribution < 1.29 is 4.39 Å². The van der Waals surface area contributed by atoms with Crippen LogP contribution in [0.2, 0.25) is 0 Å². The van der Waals surface area contributed by atoms with Crippen LogP contribution in [0.3, 0.4) is 0 Å². The Kier molecular flexibility index (Phi) is 5.84. The minimum Gasteiger partial charge on any atom is -0.294 e. The molecule has 1 aromatic heterocycles. The van der Waals surface area contributed by atoms with Crippen LogP contribution in [0.25, 0.3) is 5.69 Å². The Balaban J connectivity index is 1.91. The molecular weight excluding hydrogens is 317 g/mol. The molecule has 134 valence electrons. The summed E-state index contributed by atoms with van der Waals surface area (Å²) in [7, 11) is 0. The van der Waals surface area contributed by atoms with Crippen LogP contribution in [0, 0.1) is 5.82 Å². The molecule has 0 radical (unpaired) electrons. The zero-order valence-electron chi connectivity index (χ0n) is 14.8. The van der Waals surface area contributed by atoms with Gasteiger partial charge in [-0.25, -0.2) is 9.07 Å². The third kappa shape index (κ3) is 4.27. The van der Waals surface area contributed by atoms with E-state index in [9.17, 15) is 9.18 Å². The lowest BCUT2D eigenvalue weighted by atomic mass is 10.1. The number of rotatable bonds is 5. The minimum absolute atomic E-state index is 0.118. The summed E-state index contributed by atoms with van der Waals surface area (Å²) in [5.41, 5.74) is 2.05. The van der Waals surface area contributed by atoms with Gasteiger partial charge in [-0.15, -0.1) is 0 Å². The smallest absolute Gasteiger partial charge is 0.280 e. The summed E-state index contributed by atoms with van der Waals surface area (Å²) in [6, 6.07) is 6.26. The third-order valence-electron chi connectivity index (χ3n) is 4.83. The maximum Gasteiger partial charge on any atom is 0.280 e. The number of hydrogen-bond acceptors (Lipinski definition) is 2. The highest BCUT2D eigenvalue weighted by Crippen LogP contribution is 2.20. The van der Waals surface area contributed by atoms with Gasteiger partial charge in [0, 0.05) is 18.0 Å². The minimum atomic E-state index is -0.313. The molecule has 1 saturated carbocycles. The number of aryl methyl sites for hydroxylation is 1. The summed E-state index contributed by atoms with van der Waals surface area (Å²) in [6.07, 6.45) is 10.7. The Hall–Kier alpha value is -2.17. The molecule has 0 amide bonds. The van der Waals surface area contributed by atoms with Gasteiger partial charge in [0.25, 0.3) is 5.56 Å². The fourth-order valence-corrected chi connectivity index (χ4v) is 3.43. The first kappa shape index (κ1) is 17.6. The van der Waals surface area contributed by atoms with Gasteiger partial charge in [0.15, 0.2) is 0 Å². The van der Waals surface area contributed by atoms with Crippen molar-refractivity contribution in [2.45, 2.75) is 64.3 Å². The van der Waals surface area contributed by atoms with Crippen molar-refractivity contribution in [2.24, 2.45) is 4.99 Å². The van der Waals surface area contributed by atoms with Crippen LogP contribution in [0.4, 0.5) is 4.39 Å². The molecule has 1 N–H and O–H groups in total. The van der Waals surface area contributed by atoms with Gasteiger partial charge >= 0.3 is 0 Å². The lowest BCUT2D eigenvalue weighted by molar-refractivity contribution is 0.588. The highest BCUT2D eigenvalue weighted by atomic mass is 19.1. The van der Waals surface area contributed by atoms with Gasteiger partial charge in [-0.1, -0.05) is 39.0 Å². The zero-order chi connectivity index (χ0) is 17.6. The number of H-pyrrole nitrogens is 1. The fraction of sp³-hybridized carbons (Fsp3) is 0.500. The molecule has 3 rings (SSSR count). The van der Waals surface area contributed by atoms with E-state index in [4.69, 9.17) is 4.99 Å². The summed E-state index contributed by atoms with van der Waals surface area (Å²) < 4.78 is 14.6. The normalized spacial score (nSPS) is 16.4. The number of aromatic amines is 1. The van der Waals surface area contributed by atoms with Gasteiger partial charge in [-0.05, 0) is 43.5 Å². The number of hydrogen-bond donors (Lipinski definition) is 1. The predicted molar refractivity (Wildman–Crippen MR) is 99.4 cm³/mol. The average molecular weight is 343 g/mol. The van der Waals surface area contributed by atoms with Crippen LogP contribution < -0.4 is 5.56 Å². The number of halogens is 1. The van der Waals surface area contributed by atoms with Gasteiger partial charge in [0.05, 0.1) is 11.3 Å². The van der Waals surface area contributed by atoms with Crippen molar-refractivity contribution in [3.63, 3.8) is 0 Å². The topological polar surface area (TPSA) is 50.1 Å². The molecule has 1 aromatic carbocycles. The standard InChI is InChI=1S/C20H26FN3O/c1-2-7-19-18(14-22-16-8-5-3-4-6-9-16)20(25)24(23-19)17-12-10-15(21)11-13-17/h10-14,16,23H,2-9H2,1H3. The van der Waals surface area contributed by atoms with Crippen LogP contribution in [-0.4, -0.2) is 22.0 Å². The summed E-state index contributed by atoms with van der Waals surface area (Å²) in [6.45, 7) is 2.08. The molecule has 0 aliphatic heterocycles. The van der Waals surface area contributed by atoms with E-state index in [-0.39, 0.29) is 11.4 Å². The monoisotopic (exact) mass is 343 g/mol. The first-order valence-corrected chi connectivity index (χ1v) is 9.32. The molecule has 1 aliphatic carbocycles. The Morgan fingerprint density at radius 2 is 1.88 bits per heavy atom. The van der Waals surface area contributed by atoms with Crippen LogP contribution in [0.1, 0.15) is 63.1 Å². The predicted octanol–water partition coefficient (Wildman–Crippen LogP) is 4.40. The molecule has 0 unspecified atom stereocenters. The van der Waals surface area contributed by atoms with Crippen LogP contribution in [-0.2, 0) is 6.42 Å². The zero-order valence-corrected chi connectivity index (χ0v) is 14.8. The third-order valence-corrected chi connectivity index (χ3v) is 4.83. The van der Waals surface area contributed by atoms with Crippen molar-refractivity contribution in [3.8, 4) is 5.69 Å². The molecule has 0 atom stereocenters. The molecule has 0 spiro atoms. The molecule has 4 nitrogen and oxygen atoms in total. The largest absolute Gasteiger partial charge is 0.294 e. The highest BCUT2D eigenvalue weighted by Gasteiger charge is 2.15. The average Bonchev–Trinajstić information content (AvgIpc) is 2.79. The Labute approximate surface area is 147 Å². The van der Waals surface area contributed by atoms with Crippen LogP contribution >= 0.6 is 0 Å². The van der Waals surface area contributed by atoms with Gasteiger partial charge in [-0.3, -0.25) is 14.9 Å². The molecule has 1 fully saturated rings.